The van der Waals surface area contributed by atoms with Crippen LogP contribution >= 0.6 is 0 Å². The minimum absolute atomic E-state index is 0.533. The first-order valence-corrected chi connectivity index (χ1v) is 7.39. The maximum atomic E-state index is 5.03. The maximum absolute atomic E-state index is 5.03. The van der Waals surface area contributed by atoms with Gasteiger partial charge in [-0.2, -0.15) is 4.98 Å². The lowest BCUT2D eigenvalue weighted by Gasteiger charge is -2.13. The Bertz CT molecular complexity index is 818. The zero-order valence-electron chi connectivity index (χ0n) is 13.6. The molecule has 0 radical (unpaired) electrons. The highest BCUT2D eigenvalue weighted by molar-refractivity contribution is 5.64. The molecule has 0 fully saturated rings. The number of nitrogens with one attached hydrogen (secondary N) is 2. The molecule has 0 atom stereocenters. The fraction of sp³-hybridized carbons (Fsp3) is 0.235. The number of nitrogens with zero attached hydrogens (tertiary/aromatic N) is 3. The topological polar surface area (TPSA) is 75.9 Å². The summed E-state index contributed by atoms with van der Waals surface area (Å²) in [7, 11) is 0. The zero-order valence-corrected chi connectivity index (χ0v) is 13.6. The fourth-order valence-electron chi connectivity index (χ4n) is 2.53. The number of benzene rings is 1. The van der Waals surface area contributed by atoms with E-state index < -0.39 is 0 Å². The van der Waals surface area contributed by atoms with Gasteiger partial charge in [0, 0.05) is 18.0 Å². The van der Waals surface area contributed by atoms with Crippen LogP contribution in [0.25, 0.3) is 0 Å². The first kappa shape index (κ1) is 15.0. The predicted octanol–water partition coefficient (Wildman–Crippen LogP) is 4.19. The lowest BCUT2D eigenvalue weighted by molar-refractivity contribution is 0.400. The van der Waals surface area contributed by atoms with Gasteiger partial charge in [-0.1, -0.05) is 22.9 Å². The van der Waals surface area contributed by atoms with Gasteiger partial charge in [0.1, 0.15) is 11.6 Å². The number of hydrogen-bond donors (Lipinski definition) is 2. The molecule has 6 nitrogen and oxygen atoms in total. The molecule has 0 aliphatic rings. The number of hydrogen-bond acceptors (Lipinski definition) is 6. The van der Waals surface area contributed by atoms with Crippen LogP contribution in [0.5, 0.6) is 0 Å². The lowest BCUT2D eigenvalue weighted by Crippen LogP contribution is -2.03. The second kappa shape index (κ2) is 6.08. The quantitative estimate of drug-likeness (QED) is 0.752. The van der Waals surface area contributed by atoms with E-state index in [1.54, 1.807) is 12.3 Å². The standard InChI is InChI=1S/C17H19N5O/c1-10-7-11(2)16(12(3)8-10)21-17-18-6-5-14(20-17)19-15-9-13(4)23-22-15/h5-9H,1-4H3,(H2,18,19,20,21,22). The summed E-state index contributed by atoms with van der Waals surface area (Å²) in [6.07, 6.45) is 1.70. The van der Waals surface area contributed by atoms with E-state index in [1.165, 1.54) is 5.56 Å². The molecule has 0 amide bonds. The normalized spacial score (nSPS) is 10.6. The van der Waals surface area contributed by atoms with Crippen LogP contribution in [0.15, 0.2) is 35.0 Å². The van der Waals surface area contributed by atoms with Crippen LogP contribution in [0.2, 0.25) is 0 Å². The molecule has 23 heavy (non-hydrogen) atoms. The largest absolute Gasteiger partial charge is 0.360 e. The molecule has 2 N–H and O–H groups in total. The van der Waals surface area contributed by atoms with Crippen LogP contribution in [0.1, 0.15) is 22.5 Å². The van der Waals surface area contributed by atoms with Crippen molar-refractivity contribution in [3.05, 3.63) is 52.9 Å². The smallest absolute Gasteiger partial charge is 0.229 e. The molecule has 0 aliphatic carbocycles. The molecule has 1 aromatic carbocycles. The highest BCUT2D eigenvalue weighted by Gasteiger charge is 2.07. The van der Waals surface area contributed by atoms with Crippen molar-refractivity contribution in [1.82, 2.24) is 15.1 Å². The van der Waals surface area contributed by atoms with E-state index in [2.05, 4.69) is 58.7 Å². The summed E-state index contributed by atoms with van der Waals surface area (Å²) in [6, 6.07) is 7.86. The molecule has 0 spiro atoms. The van der Waals surface area contributed by atoms with Gasteiger partial charge in [0.05, 0.1) is 0 Å². The fourth-order valence-corrected chi connectivity index (χ4v) is 2.53. The highest BCUT2D eigenvalue weighted by atomic mass is 16.5. The van der Waals surface area contributed by atoms with Crippen molar-refractivity contribution >= 4 is 23.3 Å². The van der Waals surface area contributed by atoms with Gasteiger partial charge < -0.3 is 15.2 Å². The molecule has 2 aromatic heterocycles. The molecule has 2 heterocycles. The van der Waals surface area contributed by atoms with Crippen molar-refractivity contribution in [2.45, 2.75) is 27.7 Å². The first-order valence-electron chi connectivity index (χ1n) is 7.39. The summed E-state index contributed by atoms with van der Waals surface area (Å²) in [5.41, 5.74) is 4.60. The number of rotatable bonds is 4. The molecule has 118 valence electrons. The Labute approximate surface area is 135 Å². The molecule has 3 rings (SSSR count). The van der Waals surface area contributed by atoms with Crippen LogP contribution in [0, 0.1) is 27.7 Å². The Morgan fingerprint density at radius 2 is 1.65 bits per heavy atom. The monoisotopic (exact) mass is 309 g/mol. The predicted molar refractivity (Wildman–Crippen MR) is 90.5 cm³/mol. The average molecular weight is 309 g/mol. The van der Waals surface area contributed by atoms with Crippen LogP contribution in [0.3, 0.4) is 0 Å². The van der Waals surface area contributed by atoms with E-state index in [1.807, 2.05) is 13.0 Å². The molecule has 3 aromatic rings. The van der Waals surface area contributed by atoms with E-state index in [0.29, 0.717) is 17.6 Å². The second-order valence-electron chi connectivity index (χ2n) is 5.61. The zero-order chi connectivity index (χ0) is 16.4. The summed E-state index contributed by atoms with van der Waals surface area (Å²) in [4.78, 5) is 8.74. The van der Waals surface area contributed by atoms with Gasteiger partial charge in [-0.15, -0.1) is 0 Å². The Kier molecular flexibility index (Phi) is 3.97. The summed E-state index contributed by atoms with van der Waals surface area (Å²) >= 11 is 0. The van der Waals surface area contributed by atoms with Crippen molar-refractivity contribution in [2.75, 3.05) is 10.6 Å². The molecule has 0 aliphatic heterocycles. The van der Waals surface area contributed by atoms with Gasteiger partial charge in [0.25, 0.3) is 0 Å². The van der Waals surface area contributed by atoms with E-state index in [0.717, 1.165) is 22.6 Å². The van der Waals surface area contributed by atoms with Crippen LogP contribution < -0.4 is 10.6 Å². The van der Waals surface area contributed by atoms with Gasteiger partial charge in [0.2, 0.25) is 5.95 Å². The van der Waals surface area contributed by atoms with Gasteiger partial charge in [-0.25, -0.2) is 4.98 Å². The van der Waals surface area contributed by atoms with Crippen molar-refractivity contribution < 1.29 is 4.52 Å². The van der Waals surface area contributed by atoms with Crippen molar-refractivity contribution in [3.63, 3.8) is 0 Å². The summed E-state index contributed by atoms with van der Waals surface area (Å²) < 4.78 is 5.03. The molecular weight excluding hydrogens is 290 g/mol. The van der Waals surface area contributed by atoms with Crippen molar-refractivity contribution in [1.29, 1.82) is 0 Å². The van der Waals surface area contributed by atoms with E-state index >= 15 is 0 Å². The Balaban J connectivity index is 1.83. The molecular formula is C17H19N5O. The highest BCUT2D eigenvalue weighted by Crippen LogP contribution is 2.25. The van der Waals surface area contributed by atoms with Crippen LogP contribution in [0.4, 0.5) is 23.3 Å². The van der Waals surface area contributed by atoms with E-state index in [9.17, 15) is 0 Å². The second-order valence-corrected chi connectivity index (χ2v) is 5.61. The number of aromatic nitrogens is 3. The van der Waals surface area contributed by atoms with Gasteiger partial charge in [0.15, 0.2) is 5.82 Å². The summed E-state index contributed by atoms with van der Waals surface area (Å²) in [5, 5.41) is 10.3. The van der Waals surface area contributed by atoms with E-state index in [4.69, 9.17) is 4.52 Å². The molecule has 0 saturated carbocycles. The number of aryl methyl sites for hydroxylation is 4. The SMILES string of the molecule is Cc1cc(C)c(Nc2nccc(Nc3cc(C)on3)n2)c(C)c1. The van der Waals surface area contributed by atoms with Gasteiger partial charge in [-0.05, 0) is 44.9 Å². The van der Waals surface area contributed by atoms with Crippen LogP contribution in [-0.2, 0) is 0 Å². The first-order chi connectivity index (χ1) is 11.0. The minimum Gasteiger partial charge on any atom is -0.360 e. The molecule has 0 bridgehead atoms. The summed E-state index contributed by atoms with van der Waals surface area (Å²) in [5.74, 6) is 2.55. The third-order valence-electron chi connectivity index (χ3n) is 3.45. The lowest BCUT2D eigenvalue weighted by atomic mass is 10.1. The van der Waals surface area contributed by atoms with Gasteiger partial charge >= 0.3 is 0 Å². The molecule has 0 saturated heterocycles. The third kappa shape index (κ3) is 3.48. The number of anilines is 4. The van der Waals surface area contributed by atoms with Crippen LogP contribution in [-0.4, -0.2) is 15.1 Å². The Hall–Kier alpha value is -2.89. The third-order valence-corrected chi connectivity index (χ3v) is 3.45. The Morgan fingerprint density at radius 3 is 2.30 bits per heavy atom. The molecule has 0 unspecified atom stereocenters. The van der Waals surface area contributed by atoms with E-state index in [-0.39, 0.29) is 0 Å². The average Bonchev–Trinajstić information content (AvgIpc) is 2.88. The molecule has 6 heteroatoms. The van der Waals surface area contributed by atoms with Crippen molar-refractivity contribution in [2.24, 2.45) is 0 Å². The van der Waals surface area contributed by atoms with Gasteiger partial charge in [-0.3, -0.25) is 0 Å². The minimum atomic E-state index is 0.533. The Morgan fingerprint density at radius 1 is 0.913 bits per heavy atom. The van der Waals surface area contributed by atoms with Crippen molar-refractivity contribution in [3.8, 4) is 0 Å². The maximum Gasteiger partial charge on any atom is 0.229 e. The summed E-state index contributed by atoms with van der Waals surface area (Å²) in [6.45, 7) is 8.07.